The number of hydrogen-bond donors (Lipinski definition) is 2. The first kappa shape index (κ1) is 15.9. The molecule has 0 spiro atoms. The number of benzene rings is 2. The maximum Gasteiger partial charge on any atom is 0.330 e. The lowest BCUT2D eigenvalue weighted by atomic mass is 9.99. The number of nitrogens with one attached hydrogen (secondary N) is 1. The zero-order valence-electron chi connectivity index (χ0n) is 11.7. The van der Waals surface area contributed by atoms with Crippen LogP contribution in [-0.2, 0) is 4.79 Å². The lowest BCUT2D eigenvalue weighted by molar-refractivity contribution is -0.138. The molecule has 0 amide bonds. The van der Waals surface area contributed by atoms with Crippen LogP contribution in [0.3, 0.4) is 0 Å². The summed E-state index contributed by atoms with van der Waals surface area (Å²) >= 11 is 9.28. The highest BCUT2D eigenvalue weighted by molar-refractivity contribution is 9.10. The summed E-state index contributed by atoms with van der Waals surface area (Å²) in [6.07, 6.45) is 0. The summed E-state index contributed by atoms with van der Waals surface area (Å²) in [5.74, 6) is -0.923. The first-order valence-electron chi connectivity index (χ1n) is 6.40. The maximum absolute atomic E-state index is 11.6. The first-order valence-corrected chi connectivity index (χ1v) is 7.57. The molecule has 2 aromatic rings. The fourth-order valence-electron chi connectivity index (χ4n) is 2.17. The summed E-state index contributed by atoms with van der Waals surface area (Å²) in [6.45, 7) is 3.90. The van der Waals surface area contributed by atoms with E-state index in [2.05, 4.69) is 21.2 Å². The number of carboxylic acids is 1. The van der Waals surface area contributed by atoms with Crippen molar-refractivity contribution in [1.82, 2.24) is 0 Å². The van der Waals surface area contributed by atoms with Gasteiger partial charge in [0, 0.05) is 10.2 Å². The van der Waals surface area contributed by atoms with Crippen LogP contribution >= 0.6 is 27.5 Å². The standard InChI is InChI=1S/C16H15BrClNO2/c1-9-3-5-12(10(2)7-9)15(16(20)21)19-11-4-6-14(18)13(17)8-11/h3-8,15,19H,1-2H3,(H,20,21). The van der Waals surface area contributed by atoms with E-state index in [1.807, 2.05) is 32.0 Å². The average molecular weight is 369 g/mol. The van der Waals surface area contributed by atoms with Gasteiger partial charge < -0.3 is 10.4 Å². The molecule has 0 bridgehead atoms. The highest BCUT2D eigenvalue weighted by Crippen LogP contribution is 2.29. The minimum atomic E-state index is -0.923. The Balaban J connectivity index is 2.35. The van der Waals surface area contributed by atoms with Crippen LogP contribution in [0.15, 0.2) is 40.9 Å². The summed E-state index contributed by atoms with van der Waals surface area (Å²) in [4.78, 5) is 11.6. The van der Waals surface area contributed by atoms with Crippen molar-refractivity contribution in [3.8, 4) is 0 Å². The van der Waals surface area contributed by atoms with Crippen LogP contribution in [0.4, 0.5) is 5.69 Å². The van der Waals surface area contributed by atoms with Gasteiger partial charge in [-0.3, -0.25) is 0 Å². The van der Waals surface area contributed by atoms with Gasteiger partial charge in [0.1, 0.15) is 0 Å². The maximum atomic E-state index is 11.6. The smallest absolute Gasteiger partial charge is 0.330 e. The number of carbonyl (C=O) groups is 1. The van der Waals surface area contributed by atoms with Gasteiger partial charge in [0.25, 0.3) is 0 Å². The van der Waals surface area contributed by atoms with E-state index in [0.29, 0.717) is 10.7 Å². The van der Waals surface area contributed by atoms with E-state index in [1.54, 1.807) is 18.2 Å². The summed E-state index contributed by atoms with van der Waals surface area (Å²) in [7, 11) is 0. The molecule has 0 aliphatic rings. The molecule has 1 atom stereocenters. The minimum Gasteiger partial charge on any atom is -0.479 e. The molecule has 5 heteroatoms. The third-order valence-corrected chi connectivity index (χ3v) is 4.43. The number of hydrogen-bond acceptors (Lipinski definition) is 2. The average Bonchev–Trinajstić information content (AvgIpc) is 2.40. The normalized spacial score (nSPS) is 12.0. The third kappa shape index (κ3) is 3.77. The Labute approximate surface area is 137 Å². The van der Waals surface area contributed by atoms with Gasteiger partial charge in [0.15, 0.2) is 6.04 Å². The summed E-state index contributed by atoms with van der Waals surface area (Å²) in [5.41, 5.74) is 3.50. The van der Waals surface area contributed by atoms with E-state index >= 15 is 0 Å². The molecule has 0 aliphatic heterocycles. The molecule has 0 radical (unpaired) electrons. The van der Waals surface area contributed by atoms with Gasteiger partial charge in [-0.15, -0.1) is 0 Å². The van der Waals surface area contributed by atoms with Crippen LogP contribution in [0.1, 0.15) is 22.7 Å². The molecule has 110 valence electrons. The number of carboxylic acid groups (broad SMARTS) is 1. The van der Waals surface area contributed by atoms with Gasteiger partial charge >= 0.3 is 5.97 Å². The highest BCUT2D eigenvalue weighted by atomic mass is 79.9. The molecule has 0 saturated carbocycles. The second-order valence-corrected chi connectivity index (χ2v) is 6.17. The predicted octanol–water partition coefficient (Wildman–Crippen LogP) is 4.96. The monoisotopic (exact) mass is 367 g/mol. The van der Waals surface area contributed by atoms with Crippen LogP contribution in [0.5, 0.6) is 0 Å². The van der Waals surface area contributed by atoms with E-state index < -0.39 is 12.0 Å². The van der Waals surface area contributed by atoms with Crippen molar-refractivity contribution >= 4 is 39.2 Å². The van der Waals surface area contributed by atoms with E-state index in [-0.39, 0.29) is 0 Å². The van der Waals surface area contributed by atoms with Gasteiger partial charge in [-0.2, -0.15) is 0 Å². The van der Waals surface area contributed by atoms with Crippen LogP contribution in [-0.4, -0.2) is 11.1 Å². The number of halogens is 2. The third-order valence-electron chi connectivity index (χ3n) is 3.21. The number of aliphatic carboxylic acids is 1. The Morgan fingerprint density at radius 3 is 2.52 bits per heavy atom. The second kappa shape index (κ2) is 6.50. The zero-order chi connectivity index (χ0) is 15.6. The molecule has 2 N–H and O–H groups in total. The quantitative estimate of drug-likeness (QED) is 0.802. The Hall–Kier alpha value is -1.52. The Morgan fingerprint density at radius 1 is 1.24 bits per heavy atom. The van der Waals surface area contributed by atoms with Gasteiger partial charge in [0.2, 0.25) is 0 Å². The lowest BCUT2D eigenvalue weighted by Gasteiger charge is -2.19. The first-order chi connectivity index (χ1) is 9.88. The Kier molecular flexibility index (Phi) is 4.91. The molecule has 0 heterocycles. The van der Waals surface area contributed by atoms with Crippen LogP contribution in [0.2, 0.25) is 5.02 Å². The van der Waals surface area contributed by atoms with Crippen molar-refractivity contribution < 1.29 is 9.90 Å². The molecule has 0 aliphatic carbocycles. The molecule has 2 aromatic carbocycles. The molecule has 3 nitrogen and oxygen atoms in total. The van der Waals surface area contributed by atoms with Crippen molar-refractivity contribution in [3.05, 3.63) is 62.6 Å². The van der Waals surface area contributed by atoms with Gasteiger partial charge in [-0.1, -0.05) is 35.4 Å². The van der Waals surface area contributed by atoms with Crippen molar-refractivity contribution in [2.75, 3.05) is 5.32 Å². The molecule has 0 fully saturated rings. The van der Waals surface area contributed by atoms with E-state index in [4.69, 9.17) is 11.6 Å². The molecular formula is C16H15BrClNO2. The number of rotatable bonds is 4. The van der Waals surface area contributed by atoms with Crippen molar-refractivity contribution in [1.29, 1.82) is 0 Å². The van der Waals surface area contributed by atoms with Gasteiger partial charge in [0.05, 0.1) is 5.02 Å². The summed E-state index contributed by atoms with van der Waals surface area (Å²) in [5, 5.41) is 13.1. The molecule has 0 saturated heterocycles. The van der Waals surface area contributed by atoms with Crippen LogP contribution in [0.25, 0.3) is 0 Å². The fraction of sp³-hybridized carbons (Fsp3) is 0.188. The minimum absolute atomic E-state index is 0.582. The zero-order valence-corrected chi connectivity index (χ0v) is 14.0. The fourth-order valence-corrected chi connectivity index (χ4v) is 2.67. The van der Waals surface area contributed by atoms with Gasteiger partial charge in [-0.25, -0.2) is 4.79 Å². The molecule has 0 aromatic heterocycles. The van der Waals surface area contributed by atoms with E-state index in [9.17, 15) is 9.90 Å². The van der Waals surface area contributed by atoms with Crippen molar-refractivity contribution in [3.63, 3.8) is 0 Å². The largest absolute Gasteiger partial charge is 0.479 e. The predicted molar refractivity (Wildman–Crippen MR) is 89.1 cm³/mol. The SMILES string of the molecule is Cc1ccc(C(Nc2ccc(Cl)c(Br)c2)C(=O)O)c(C)c1. The second-order valence-electron chi connectivity index (χ2n) is 4.90. The molecule has 1 unspecified atom stereocenters. The van der Waals surface area contributed by atoms with Gasteiger partial charge in [-0.05, 0) is 59.1 Å². The molecule has 21 heavy (non-hydrogen) atoms. The Morgan fingerprint density at radius 2 is 1.95 bits per heavy atom. The molecule has 2 rings (SSSR count). The lowest BCUT2D eigenvalue weighted by Crippen LogP contribution is -2.21. The van der Waals surface area contributed by atoms with E-state index in [0.717, 1.165) is 21.2 Å². The van der Waals surface area contributed by atoms with Crippen LogP contribution < -0.4 is 5.32 Å². The summed E-state index contributed by atoms with van der Waals surface area (Å²) in [6, 6.07) is 10.2. The van der Waals surface area contributed by atoms with Crippen LogP contribution in [0, 0.1) is 13.8 Å². The van der Waals surface area contributed by atoms with E-state index in [1.165, 1.54) is 0 Å². The van der Waals surface area contributed by atoms with Crippen molar-refractivity contribution in [2.45, 2.75) is 19.9 Å². The molecular weight excluding hydrogens is 354 g/mol. The summed E-state index contributed by atoms with van der Waals surface area (Å²) < 4.78 is 0.721. The number of aryl methyl sites for hydroxylation is 2. The highest BCUT2D eigenvalue weighted by Gasteiger charge is 2.21. The van der Waals surface area contributed by atoms with Crippen molar-refractivity contribution in [2.24, 2.45) is 0 Å². The number of anilines is 1. The Bertz CT molecular complexity index is 688. The topological polar surface area (TPSA) is 49.3 Å².